The van der Waals surface area contributed by atoms with Gasteiger partial charge in [-0.2, -0.15) is 0 Å². The Morgan fingerprint density at radius 3 is 2.45 bits per heavy atom. The van der Waals surface area contributed by atoms with E-state index in [0.717, 1.165) is 32.5 Å². The Balaban J connectivity index is 1.85. The van der Waals surface area contributed by atoms with E-state index in [1.54, 1.807) is 6.20 Å². The van der Waals surface area contributed by atoms with Gasteiger partial charge in [0.25, 0.3) is 0 Å². The molecule has 0 radical (unpaired) electrons. The number of hydrogen-bond acceptors (Lipinski definition) is 3. The summed E-state index contributed by atoms with van der Waals surface area (Å²) < 4.78 is 1.03. The molecule has 0 aliphatic carbocycles. The highest BCUT2D eigenvalue weighted by Crippen LogP contribution is 2.25. The molecule has 0 spiro atoms. The highest BCUT2D eigenvalue weighted by atomic mass is 79.9. The number of aromatic nitrogens is 1. The number of nitrogens with zero attached hydrogens (tertiary/aromatic N) is 1. The molecular formula is C18H15BrN2O. The summed E-state index contributed by atoms with van der Waals surface area (Å²) in [5.74, 6) is 0. The van der Waals surface area contributed by atoms with E-state index >= 15 is 0 Å². The van der Waals surface area contributed by atoms with Gasteiger partial charge in [-0.15, -0.1) is 0 Å². The smallest absolute Gasteiger partial charge is 0.0681 e. The number of anilines is 2. The fourth-order valence-electron chi connectivity index (χ4n) is 2.20. The summed E-state index contributed by atoms with van der Waals surface area (Å²) in [6.45, 7) is 0.0585. The third-order valence-corrected chi connectivity index (χ3v) is 3.81. The standard InChI is InChI=1S/C18H15BrN2O/c19-16-2-1-3-17(9-16)21-18-8-15(10-20-11-18)14-6-4-13(12-22)5-7-14/h1-11,21-22H,12H2. The maximum Gasteiger partial charge on any atom is 0.0681 e. The van der Waals surface area contributed by atoms with Gasteiger partial charge in [0.05, 0.1) is 18.5 Å². The van der Waals surface area contributed by atoms with Crippen molar-refractivity contribution in [3.05, 3.63) is 77.0 Å². The Bertz CT molecular complexity index is 772. The van der Waals surface area contributed by atoms with Crippen molar-refractivity contribution in [2.75, 3.05) is 5.32 Å². The number of aliphatic hydroxyl groups is 1. The minimum atomic E-state index is 0.0585. The van der Waals surface area contributed by atoms with Crippen LogP contribution in [-0.4, -0.2) is 10.1 Å². The van der Waals surface area contributed by atoms with E-state index in [1.807, 2.05) is 54.7 Å². The maximum absolute atomic E-state index is 9.10. The van der Waals surface area contributed by atoms with Gasteiger partial charge in [-0.25, -0.2) is 0 Å². The molecule has 2 N–H and O–H groups in total. The second-order valence-electron chi connectivity index (χ2n) is 4.95. The zero-order valence-corrected chi connectivity index (χ0v) is 13.4. The van der Waals surface area contributed by atoms with Crippen LogP contribution in [0.15, 0.2) is 71.5 Å². The normalized spacial score (nSPS) is 10.5. The van der Waals surface area contributed by atoms with Crippen LogP contribution in [0, 0.1) is 0 Å². The summed E-state index contributed by atoms with van der Waals surface area (Å²) in [7, 11) is 0. The molecule has 1 heterocycles. The second kappa shape index (κ2) is 6.73. The SMILES string of the molecule is OCc1ccc(-c2cncc(Nc3cccc(Br)c3)c2)cc1. The molecule has 1 aromatic heterocycles. The van der Waals surface area contributed by atoms with Crippen molar-refractivity contribution in [2.45, 2.75) is 6.61 Å². The molecule has 3 rings (SSSR count). The predicted molar refractivity (Wildman–Crippen MR) is 93.0 cm³/mol. The summed E-state index contributed by atoms with van der Waals surface area (Å²) >= 11 is 3.46. The molecule has 22 heavy (non-hydrogen) atoms. The molecule has 3 aromatic rings. The van der Waals surface area contributed by atoms with Gasteiger partial charge in [-0.1, -0.05) is 46.3 Å². The summed E-state index contributed by atoms with van der Waals surface area (Å²) in [6, 6.07) is 17.9. The number of pyridine rings is 1. The Kier molecular flexibility index (Phi) is 4.51. The number of aliphatic hydroxyl groups excluding tert-OH is 1. The number of benzene rings is 2. The molecular weight excluding hydrogens is 340 g/mol. The highest BCUT2D eigenvalue weighted by molar-refractivity contribution is 9.10. The zero-order chi connectivity index (χ0) is 15.4. The van der Waals surface area contributed by atoms with Crippen LogP contribution in [0.2, 0.25) is 0 Å². The van der Waals surface area contributed by atoms with E-state index in [0.29, 0.717) is 0 Å². The molecule has 0 amide bonds. The van der Waals surface area contributed by atoms with Crippen molar-refractivity contribution in [2.24, 2.45) is 0 Å². The average molecular weight is 355 g/mol. The lowest BCUT2D eigenvalue weighted by molar-refractivity contribution is 0.282. The van der Waals surface area contributed by atoms with E-state index < -0.39 is 0 Å². The van der Waals surface area contributed by atoms with Gasteiger partial charge < -0.3 is 10.4 Å². The van der Waals surface area contributed by atoms with Crippen LogP contribution in [0.4, 0.5) is 11.4 Å². The predicted octanol–water partition coefficient (Wildman–Crippen LogP) is 4.75. The molecule has 0 saturated carbocycles. The van der Waals surface area contributed by atoms with E-state index in [2.05, 4.69) is 32.3 Å². The first kappa shape index (κ1) is 14.8. The summed E-state index contributed by atoms with van der Waals surface area (Å²) in [5, 5.41) is 12.4. The lowest BCUT2D eigenvalue weighted by Gasteiger charge is -2.09. The largest absolute Gasteiger partial charge is 0.392 e. The van der Waals surface area contributed by atoms with Crippen LogP contribution in [0.25, 0.3) is 11.1 Å². The van der Waals surface area contributed by atoms with Gasteiger partial charge in [0.2, 0.25) is 0 Å². The quantitative estimate of drug-likeness (QED) is 0.710. The van der Waals surface area contributed by atoms with Crippen LogP contribution < -0.4 is 5.32 Å². The topological polar surface area (TPSA) is 45.2 Å². The Morgan fingerprint density at radius 1 is 0.909 bits per heavy atom. The van der Waals surface area contributed by atoms with Crippen molar-refractivity contribution in [3.8, 4) is 11.1 Å². The Labute approximate surface area is 137 Å². The minimum Gasteiger partial charge on any atom is -0.392 e. The van der Waals surface area contributed by atoms with Crippen LogP contribution in [-0.2, 0) is 6.61 Å². The highest BCUT2D eigenvalue weighted by Gasteiger charge is 2.02. The first-order chi connectivity index (χ1) is 10.7. The number of nitrogens with one attached hydrogen (secondary N) is 1. The Morgan fingerprint density at radius 2 is 1.73 bits per heavy atom. The zero-order valence-electron chi connectivity index (χ0n) is 11.8. The summed E-state index contributed by atoms with van der Waals surface area (Å²) in [6.07, 6.45) is 3.63. The summed E-state index contributed by atoms with van der Waals surface area (Å²) in [4.78, 5) is 4.30. The average Bonchev–Trinajstić information content (AvgIpc) is 2.55. The van der Waals surface area contributed by atoms with Crippen molar-refractivity contribution < 1.29 is 5.11 Å². The van der Waals surface area contributed by atoms with Crippen LogP contribution in [0.1, 0.15) is 5.56 Å². The number of halogens is 1. The molecule has 0 bridgehead atoms. The van der Waals surface area contributed by atoms with Gasteiger partial charge in [-0.3, -0.25) is 4.98 Å². The first-order valence-electron chi connectivity index (χ1n) is 6.92. The summed E-state index contributed by atoms with van der Waals surface area (Å²) in [5.41, 5.74) is 4.94. The first-order valence-corrected chi connectivity index (χ1v) is 7.72. The fourth-order valence-corrected chi connectivity index (χ4v) is 2.60. The molecule has 0 unspecified atom stereocenters. The maximum atomic E-state index is 9.10. The van der Waals surface area contributed by atoms with Crippen LogP contribution in [0.5, 0.6) is 0 Å². The van der Waals surface area contributed by atoms with Gasteiger partial charge >= 0.3 is 0 Å². The molecule has 0 aliphatic rings. The third kappa shape index (κ3) is 3.53. The number of rotatable bonds is 4. The van der Waals surface area contributed by atoms with Gasteiger partial charge in [0.15, 0.2) is 0 Å². The van der Waals surface area contributed by atoms with Gasteiger partial charge in [0.1, 0.15) is 0 Å². The van der Waals surface area contributed by atoms with Crippen molar-refractivity contribution >= 4 is 27.3 Å². The minimum absolute atomic E-state index is 0.0585. The molecule has 0 atom stereocenters. The molecule has 3 nitrogen and oxygen atoms in total. The third-order valence-electron chi connectivity index (χ3n) is 3.32. The van der Waals surface area contributed by atoms with E-state index in [4.69, 9.17) is 5.11 Å². The van der Waals surface area contributed by atoms with E-state index in [-0.39, 0.29) is 6.61 Å². The number of hydrogen-bond donors (Lipinski definition) is 2. The second-order valence-corrected chi connectivity index (χ2v) is 5.87. The van der Waals surface area contributed by atoms with Crippen LogP contribution >= 0.6 is 15.9 Å². The van der Waals surface area contributed by atoms with Gasteiger partial charge in [-0.05, 0) is 35.4 Å². The lowest BCUT2D eigenvalue weighted by Crippen LogP contribution is -1.92. The van der Waals surface area contributed by atoms with E-state index in [9.17, 15) is 0 Å². The van der Waals surface area contributed by atoms with E-state index in [1.165, 1.54) is 0 Å². The molecule has 4 heteroatoms. The van der Waals surface area contributed by atoms with Crippen LogP contribution in [0.3, 0.4) is 0 Å². The van der Waals surface area contributed by atoms with Crippen molar-refractivity contribution in [1.29, 1.82) is 0 Å². The Hall–Kier alpha value is -2.17. The lowest BCUT2D eigenvalue weighted by atomic mass is 10.1. The molecule has 0 saturated heterocycles. The molecule has 0 aliphatic heterocycles. The van der Waals surface area contributed by atoms with Gasteiger partial charge in [0, 0.05) is 21.9 Å². The molecule has 2 aromatic carbocycles. The monoisotopic (exact) mass is 354 g/mol. The van der Waals surface area contributed by atoms with Crippen molar-refractivity contribution in [3.63, 3.8) is 0 Å². The van der Waals surface area contributed by atoms with Crippen molar-refractivity contribution in [1.82, 2.24) is 4.98 Å². The molecule has 110 valence electrons. The fraction of sp³-hybridized carbons (Fsp3) is 0.0556. The molecule has 0 fully saturated rings.